The van der Waals surface area contributed by atoms with Crippen molar-refractivity contribution in [2.45, 2.75) is 17.8 Å². The highest BCUT2D eigenvalue weighted by Crippen LogP contribution is 2.63. The first kappa shape index (κ1) is 28.1. The number of rotatable bonds is 4. The lowest BCUT2D eigenvalue weighted by Gasteiger charge is -2.31. The fraction of sp³-hybridized carbons (Fsp3) is 0.0612. The van der Waals surface area contributed by atoms with E-state index in [1.54, 1.807) is 0 Å². The summed E-state index contributed by atoms with van der Waals surface area (Å²) in [6, 6.07) is 66.4. The molecule has 1 heteroatoms. The van der Waals surface area contributed by atoms with Gasteiger partial charge in [0, 0.05) is 26.1 Å². The fourth-order valence-corrected chi connectivity index (χ4v) is 10.6. The SMILES string of the molecule is c1ccc(C(Cc2ccc3c(c2)C2(c4ccccc4-3)c3ccccc3-c3cc4ccccc4cc32)c2cccc3c2sc2ccccc23)cc1. The summed E-state index contributed by atoms with van der Waals surface area (Å²) in [6.45, 7) is 0. The minimum atomic E-state index is -0.369. The topological polar surface area (TPSA) is 0 Å². The van der Waals surface area contributed by atoms with Gasteiger partial charge in [-0.25, -0.2) is 0 Å². The molecule has 2 aliphatic carbocycles. The van der Waals surface area contributed by atoms with Gasteiger partial charge in [-0.3, -0.25) is 0 Å². The molecule has 0 N–H and O–H groups in total. The molecule has 234 valence electrons. The normalized spacial score (nSPS) is 16.1. The molecular weight excluding hydrogens is 621 g/mol. The molecule has 0 radical (unpaired) electrons. The maximum atomic E-state index is 2.57. The van der Waals surface area contributed by atoms with E-state index in [1.807, 2.05) is 11.3 Å². The van der Waals surface area contributed by atoms with E-state index < -0.39 is 0 Å². The van der Waals surface area contributed by atoms with Crippen molar-refractivity contribution in [2.75, 3.05) is 0 Å². The average Bonchev–Trinajstić information content (AvgIpc) is 3.80. The van der Waals surface area contributed by atoms with Gasteiger partial charge in [-0.15, -0.1) is 11.3 Å². The second kappa shape index (κ2) is 10.6. The van der Waals surface area contributed by atoms with E-state index in [1.165, 1.54) is 92.1 Å². The van der Waals surface area contributed by atoms with Crippen molar-refractivity contribution >= 4 is 42.3 Å². The summed E-state index contributed by atoms with van der Waals surface area (Å²) in [7, 11) is 0. The molecule has 8 aromatic carbocycles. The van der Waals surface area contributed by atoms with Gasteiger partial charge in [-0.2, -0.15) is 0 Å². The van der Waals surface area contributed by atoms with E-state index in [0.29, 0.717) is 0 Å². The maximum Gasteiger partial charge on any atom is 0.0725 e. The molecule has 0 aliphatic heterocycles. The van der Waals surface area contributed by atoms with Gasteiger partial charge in [0.15, 0.2) is 0 Å². The fourth-order valence-electron chi connectivity index (χ4n) is 9.37. The molecule has 0 saturated carbocycles. The zero-order valence-corrected chi connectivity index (χ0v) is 28.3. The van der Waals surface area contributed by atoms with Gasteiger partial charge in [0.2, 0.25) is 0 Å². The van der Waals surface area contributed by atoms with Crippen LogP contribution in [0, 0.1) is 0 Å². The van der Waals surface area contributed by atoms with E-state index in [2.05, 4.69) is 176 Å². The molecule has 0 amide bonds. The van der Waals surface area contributed by atoms with Gasteiger partial charge in [0.1, 0.15) is 0 Å². The molecule has 2 atom stereocenters. The smallest absolute Gasteiger partial charge is 0.0725 e. The van der Waals surface area contributed by atoms with Gasteiger partial charge in [-0.05, 0) is 96.6 Å². The largest absolute Gasteiger partial charge is 0.135 e. The first-order valence-electron chi connectivity index (χ1n) is 17.6. The molecule has 0 bridgehead atoms. The van der Waals surface area contributed by atoms with Crippen LogP contribution in [0.3, 0.4) is 0 Å². The highest BCUT2D eigenvalue weighted by atomic mass is 32.1. The maximum absolute atomic E-state index is 2.57. The summed E-state index contributed by atoms with van der Waals surface area (Å²) >= 11 is 1.93. The van der Waals surface area contributed by atoms with Crippen LogP contribution in [0.2, 0.25) is 0 Å². The number of hydrogen-bond donors (Lipinski definition) is 0. The van der Waals surface area contributed by atoms with Gasteiger partial charge in [0.05, 0.1) is 5.41 Å². The van der Waals surface area contributed by atoms with Crippen molar-refractivity contribution in [1.82, 2.24) is 0 Å². The molecule has 2 aliphatic rings. The van der Waals surface area contributed by atoms with Crippen LogP contribution in [0.1, 0.15) is 44.9 Å². The monoisotopic (exact) mass is 652 g/mol. The zero-order chi connectivity index (χ0) is 32.8. The van der Waals surface area contributed by atoms with E-state index in [-0.39, 0.29) is 11.3 Å². The van der Waals surface area contributed by atoms with Gasteiger partial charge < -0.3 is 0 Å². The molecule has 0 saturated heterocycles. The van der Waals surface area contributed by atoms with Crippen LogP contribution < -0.4 is 0 Å². The Morgan fingerprint density at radius 2 is 1.06 bits per heavy atom. The first-order chi connectivity index (χ1) is 24.8. The zero-order valence-electron chi connectivity index (χ0n) is 27.4. The molecule has 1 aromatic heterocycles. The van der Waals surface area contributed by atoms with Crippen molar-refractivity contribution < 1.29 is 0 Å². The van der Waals surface area contributed by atoms with E-state index in [9.17, 15) is 0 Å². The van der Waals surface area contributed by atoms with E-state index >= 15 is 0 Å². The van der Waals surface area contributed by atoms with Gasteiger partial charge in [-0.1, -0.05) is 158 Å². The third kappa shape index (κ3) is 3.81. The van der Waals surface area contributed by atoms with Gasteiger partial charge in [0.25, 0.3) is 0 Å². The third-order valence-corrected chi connectivity index (χ3v) is 12.7. The number of hydrogen-bond acceptors (Lipinski definition) is 1. The predicted octanol–water partition coefficient (Wildman–Crippen LogP) is 12.9. The molecule has 11 rings (SSSR count). The Kier molecular flexibility index (Phi) is 5.97. The van der Waals surface area contributed by atoms with Crippen LogP contribution in [0.25, 0.3) is 53.2 Å². The highest BCUT2D eigenvalue weighted by molar-refractivity contribution is 7.26. The molecule has 1 spiro atoms. The van der Waals surface area contributed by atoms with Crippen molar-refractivity contribution in [1.29, 1.82) is 0 Å². The van der Waals surface area contributed by atoms with Crippen LogP contribution in [0.15, 0.2) is 176 Å². The van der Waals surface area contributed by atoms with Crippen molar-refractivity contribution in [3.63, 3.8) is 0 Å². The van der Waals surface area contributed by atoms with Crippen LogP contribution in [-0.2, 0) is 11.8 Å². The minimum Gasteiger partial charge on any atom is -0.135 e. The quantitative estimate of drug-likeness (QED) is 0.177. The molecule has 0 fully saturated rings. The molecule has 0 nitrogen and oxygen atoms in total. The second-order valence-corrected chi connectivity index (χ2v) is 15.0. The van der Waals surface area contributed by atoms with Crippen molar-refractivity contribution in [2.24, 2.45) is 0 Å². The average molecular weight is 653 g/mol. The van der Waals surface area contributed by atoms with Crippen LogP contribution >= 0.6 is 11.3 Å². The summed E-state index contributed by atoms with van der Waals surface area (Å²) in [5, 5.41) is 5.30. The Morgan fingerprint density at radius 1 is 0.440 bits per heavy atom. The van der Waals surface area contributed by atoms with Crippen LogP contribution in [0.4, 0.5) is 0 Å². The van der Waals surface area contributed by atoms with Gasteiger partial charge >= 0.3 is 0 Å². The van der Waals surface area contributed by atoms with E-state index in [4.69, 9.17) is 0 Å². The Morgan fingerprint density at radius 3 is 1.88 bits per heavy atom. The highest BCUT2D eigenvalue weighted by Gasteiger charge is 2.51. The Hall–Kier alpha value is -5.76. The Labute approximate surface area is 295 Å². The second-order valence-electron chi connectivity index (χ2n) is 14.0. The number of thiophene rings is 1. The lowest BCUT2D eigenvalue weighted by molar-refractivity contribution is 0.780. The lowest BCUT2D eigenvalue weighted by atomic mass is 9.70. The summed E-state index contributed by atoms with van der Waals surface area (Å²) in [6.07, 6.45) is 0.920. The summed E-state index contributed by atoms with van der Waals surface area (Å²) < 4.78 is 2.75. The van der Waals surface area contributed by atoms with Crippen molar-refractivity contribution in [3.05, 3.63) is 215 Å². The Bertz CT molecular complexity index is 2800. The summed E-state index contributed by atoms with van der Waals surface area (Å²) in [5.41, 5.74) is 14.8. The summed E-state index contributed by atoms with van der Waals surface area (Å²) in [4.78, 5) is 0. The van der Waals surface area contributed by atoms with Crippen molar-refractivity contribution in [3.8, 4) is 22.3 Å². The molecule has 2 unspecified atom stereocenters. The molecule has 9 aromatic rings. The standard InChI is InChI=1S/C49H32S/c1-2-13-32(14-3-1)41(40-21-12-20-39-38-19-8-11-24-47(38)50-48(39)40)27-31-25-26-37-35-17-6-9-22-43(35)49(45(37)28-31)44-23-10-7-18-36(44)42-29-33-15-4-5-16-34(33)30-46(42)49/h1-26,28-30,41H,27H2. The van der Waals surface area contributed by atoms with E-state index in [0.717, 1.165) is 6.42 Å². The van der Waals surface area contributed by atoms with Crippen LogP contribution in [-0.4, -0.2) is 0 Å². The first-order valence-corrected chi connectivity index (χ1v) is 18.4. The Balaban J connectivity index is 1.15. The summed E-state index contributed by atoms with van der Waals surface area (Å²) in [5.74, 6) is 0.220. The molecule has 50 heavy (non-hydrogen) atoms. The molecular formula is C49H32S. The van der Waals surface area contributed by atoms with Crippen LogP contribution in [0.5, 0.6) is 0 Å². The number of benzene rings is 8. The number of fused-ring (bicyclic) bond motifs is 14. The predicted molar refractivity (Wildman–Crippen MR) is 212 cm³/mol. The lowest BCUT2D eigenvalue weighted by Crippen LogP contribution is -2.26. The molecule has 1 heterocycles. The minimum absolute atomic E-state index is 0.220. The third-order valence-electron chi connectivity index (χ3n) is 11.5.